The molecule has 0 unspecified atom stereocenters. The third kappa shape index (κ3) is 3.93. The highest BCUT2D eigenvalue weighted by Crippen LogP contribution is 2.09. The second kappa shape index (κ2) is 6.15. The van der Waals surface area contributed by atoms with Crippen LogP contribution in [0.15, 0.2) is 41.5 Å². The van der Waals surface area contributed by atoms with Crippen molar-refractivity contribution in [2.45, 2.75) is 6.42 Å². The van der Waals surface area contributed by atoms with E-state index in [-0.39, 0.29) is 17.2 Å². The molecule has 0 fully saturated rings. The van der Waals surface area contributed by atoms with E-state index in [1.165, 1.54) is 6.20 Å². The average molecular weight is 278 g/mol. The van der Waals surface area contributed by atoms with Crippen molar-refractivity contribution in [1.29, 1.82) is 0 Å². The lowest BCUT2D eigenvalue weighted by molar-refractivity contribution is 0.0948. The molecule has 1 amide bonds. The topological polar surface area (TPSA) is 74.8 Å². The van der Waals surface area contributed by atoms with Gasteiger partial charge in [-0.2, -0.15) is 0 Å². The molecule has 19 heavy (non-hydrogen) atoms. The van der Waals surface area contributed by atoms with Crippen LogP contribution in [0.1, 0.15) is 16.1 Å². The van der Waals surface area contributed by atoms with Crippen LogP contribution in [-0.2, 0) is 6.42 Å². The van der Waals surface area contributed by atoms with Crippen LogP contribution >= 0.6 is 11.6 Å². The molecule has 0 saturated heterocycles. The Labute approximate surface area is 114 Å². The molecule has 2 aromatic rings. The van der Waals surface area contributed by atoms with Crippen LogP contribution in [0.2, 0.25) is 5.02 Å². The highest BCUT2D eigenvalue weighted by molar-refractivity contribution is 6.30. The molecule has 1 heterocycles. The number of carbonyl (C=O) groups is 1. The largest absolute Gasteiger partial charge is 0.350 e. The van der Waals surface area contributed by atoms with E-state index in [0.717, 1.165) is 11.8 Å². The maximum Gasteiger partial charge on any atom is 0.271 e. The standard InChI is InChI=1S/C13H12ClN3O2/c14-10-3-1-9(2-4-10)5-6-15-13(19)11-7-17-12(18)8-16-11/h1-4,7-8H,5-6H2,(H,15,19)(H,17,18). The summed E-state index contributed by atoms with van der Waals surface area (Å²) in [6, 6.07) is 7.43. The third-order valence-electron chi connectivity index (χ3n) is 2.52. The number of carbonyl (C=O) groups excluding carboxylic acids is 1. The van der Waals surface area contributed by atoms with Gasteiger partial charge in [0, 0.05) is 17.8 Å². The number of hydrogen-bond donors (Lipinski definition) is 2. The fourth-order valence-electron chi connectivity index (χ4n) is 1.53. The van der Waals surface area contributed by atoms with Crippen LogP contribution in [0.25, 0.3) is 0 Å². The monoisotopic (exact) mass is 277 g/mol. The van der Waals surface area contributed by atoms with Gasteiger partial charge in [0.2, 0.25) is 0 Å². The summed E-state index contributed by atoms with van der Waals surface area (Å²) in [4.78, 5) is 28.6. The predicted octanol–water partition coefficient (Wildman–Crippen LogP) is 1.40. The molecule has 0 aliphatic rings. The highest BCUT2D eigenvalue weighted by atomic mass is 35.5. The van der Waals surface area contributed by atoms with Crippen molar-refractivity contribution in [2.75, 3.05) is 6.54 Å². The molecule has 6 heteroatoms. The van der Waals surface area contributed by atoms with Crippen molar-refractivity contribution in [3.63, 3.8) is 0 Å². The molecule has 0 bridgehead atoms. The molecule has 0 aliphatic carbocycles. The Kier molecular flexibility index (Phi) is 4.30. The van der Waals surface area contributed by atoms with Gasteiger partial charge in [-0.15, -0.1) is 0 Å². The SMILES string of the molecule is O=C(NCCc1ccc(Cl)cc1)c1c[nH]c(=O)cn1. The second-order valence-electron chi connectivity index (χ2n) is 3.93. The molecule has 1 aromatic carbocycles. The molecular formula is C13H12ClN3O2. The number of aromatic amines is 1. The minimum Gasteiger partial charge on any atom is -0.350 e. The van der Waals surface area contributed by atoms with Crippen molar-refractivity contribution >= 4 is 17.5 Å². The Morgan fingerprint density at radius 1 is 1.32 bits per heavy atom. The van der Waals surface area contributed by atoms with E-state index in [1.54, 1.807) is 0 Å². The van der Waals surface area contributed by atoms with Crippen LogP contribution in [0.4, 0.5) is 0 Å². The molecule has 1 aromatic heterocycles. The Hall–Kier alpha value is -2.14. The highest BCUT2D eigenvalue weighted by Gasteiger charge is 2.05. The summed E-state index contributed by atoms with van der Waals surface area (Å²) in [6.45, 7) is 0.487. The van der Waals surface area contributed by atoms with Crippen molar-refractivity contribution in [2.24, 2.45) is 0 Å². The van der Waals surface area contributed by atoms with Crippen LogP contribution in [-0.4, -0.2) is 22.4 Å². The molecular weight excluding hydrogens is 266 g/mol. The molecule has 5 nitrogen and oxygen atoms in total. The van der Waals surface area contributed by atoms with Gasteiger partial charge in [-0.1, -0.05) is 23.7 Å². The number of rotatable bonds is 4. The van der Waals surface area contributed by atoms with Gasteiger partial charge in [-0.05, 0) is 24.1 Å². The van der Waals surface area contributed by atoms with E-state index in [9.17, 15) is 9.59 Å². The predicted molar refractivity (Wildman–Crippen MR) is 72.3 cm³/mol. The summed E-state index contributed by atoms with van der Waals surface area (Å²) >= 11 is 5.78. The Morgan fingerprint density at radius 3 is 2.68 bits per heavy atom. The van der Waals surface area contributed by atoms with E-state index < -0.39 is 0 Å². The van der Waals surface area contributed by atoms with E-state index >= 15 is 0 Å². The maximum atomic E-state index is 11.7. The van der Waals surface area contributed by atoms with E-state index in [2.05, 4.69) is 15.3 Å². The zero-order valence-electron chi connectivity index (χ0n) is 10.0. The van der Waals surface area contributed by atoms with Gasteiger partial charge < -0.3 is 10.3 Å². The smallest absolute Gasteiger partial charge is 0.271 e. The number of aromatic nitrogens is 2. The van der Waals surface area contributed by atoms with Gasteiger partial charge in [0.05, 0.1) is 6.20 Å². The summed E-state index contributed by atoms with van der Waals surface area (Å²) in [5, 5.41) is 3.41. The quantitative estimate of drug-likeness (QED) is 0.887. The summed E-state index contributed by atoms with van der Waals surface area (Å²) in [5.74, 6) is -0.315. The van der Waals surface area contributed by atoms with Gasteiger partial charge in [-0.25, -0.2) is 4.98 Å². The number of amides is 1. The molecule has 0 spiro atoms. The molecule has 0 aliphatic heterocycles. The Bertz CT molecular complexity index is 602. The lowest BCUT2D eigenvalue weighted by Crippen LogP contribution is -2.27. The van der Waals surface area contributed by atoms with Crippen molar-refractivity contribution in [3.8, 4) is 0 Å². The first kappa shape index (κ1) is 13.3. The summed E-state index contributed by atoms with van der Waals surface area (Å²) < 4.78 is 0. The lowest BCUT2D eigenvalue weighted by Gasteiger charge is -2.04. The molecule has 0 saturated carbocycles. The minimum absolute atomic E-state index is 0.190. The minimum atomic E-state index is -0.335. The van der Waals surface area contributed by atoms with Gasteiger partial charge in [0.15, 0.2) is 0 Å². The molecule has 2 rings (SSSR count). The molecule has 0 atom stereocenters. The zero-order valence-corrected chi connectivity index (χ0v) is 10.8. The van der Waals surface area contributed by atoms with E-state index in [4.69, 9.17) is 11.6 Å². The van der Waals surface area contributed by atoms with Crippen molar-refractivity contribution in [1.82, 2.24) is 15.3 Å². The second-order valence-corrected chi connectivity index (χ2v) is 4.37. The number of benzene rings is 1. The molecule has 0 radical (unpaired) electrons. The fourth-order valence-corrected chi connectivity index (χ4v) is 1.65. The first-order valence-electron chi connectivity index (χ1n) is 5.72. The summed E-state index contributed by atoms with van der Waals surface area (Å²) in [6.07, 6.45) is 3.07. The van der Waals surface area contributed by atoms with Crippen LogP contribution in [0, 0.1) is 0 Å². The van der Waals surface area contributed by atoms with Crippen molar-refractivity contribution < 1.29 is 4.79 Å². The van der Waals surface area contributed by atoms with Gasteiger partial charge in [0.25, 0.3) is 11.5 Å². The first-order valence-corrected chi connectivity index (χ1v) is 6.10. The summed E-state index contributed by atoms with van der Waals surface area (Å²) in [5.41, 5.74) is 0.938. The Balaban J connectivity index is 1.85. The number of halogens is 1. The number of hydrogen-bond acceptors (Lipinski definition) is 3. The van der Waals surface area contributed by atoms with Gasteiger partial charge in [-0.3, -0.25) is 9.59 Å². The number of nitrogens with zero attached hydrogens (tertiary/aromatic N) is 1. The third-order valence-corrected chi connectivity index (χ3v) is 2.77. The fraction of sp³-hybridized carbons (Fsp3) is 0.154. The van der Waals surface area contributed by atoms with Crippen LogP contribution in [0.3, 0.4) is 0 Å². The van der Waals surface area contributed by atoms with E-state index in [0.29, 0.717) is 18.0 Å². The number of H-pyrrole nitrogens is 1. The normalized spacial score (nSPS) is 10.2. The lowest BCUT2D eigenvalue weighted by atomic mass is 10.1. The molecule has 98 valence electrons. The van der Waals surface area contributed by atoms with Crippen LogP contribution in [0.5, 0.6) is 0 Å². The average Bonchev–Trinajstić information content (AvgIpc) is 2.41. The summed E-state index contributed by atoms with van der Waals surface area (Å²) in [7, 11) is 0. The van der Waals surface area contributed by atoms with E-state index in [1.807, 2.05) is 24.3 Å². The maximum absolute atomic E-state index is 11.7. The van der Waals surface area contributed by atoms with Crippen LogP contribution < -0.4 is 10.9 Å². The van der Waals surface area contributed by atoms with Gasteiger partial charge >= 0.3 is 0 Å². The van der Waals surface area contributed by atoms with Gasteiger partial charge in [0.1, 0.15) is 5.69 Å². The Morgan fingerprint density at radius 2 is 2.05 bits per heavy atom. The zero-order chi connectivity index (χ0) is 13.7. The van der Waals surface area contributed by atoms with Crippen molar-refractivity contribution in [3.05, 3.63) is 63.3 Å². The first-order chi connectivity index (χ1) is 9.15. The number of nitrogens with one attached hydrogen (secondary N) is 2. The molecule has 2 N–H and O–H groups in total.